The summed E-state index contributed by atoms with van der Waals surface area (Å²) in [6.45, 7) is 4.19. The van der Waals surface area contributed by atoms with Gasteiger partial charge in [0.2, 0.25) is 0 Å². The number of amides is 1. The molecule has 3 heterocycles. The SMILES string of the molecule is COc1ccc(CNC(=O)C(C)OC(=O)c2sc3nc4n(c(=O)c3c2C)CCC4)cc1. The molecule has 1 N–H and O–H groups in total. The van der Waals surface area contributed by atoms with E-state index in [-0.39, 0.29) is 5.56 Å². The third kappa shape index (κ3) is 4.05. The van der Waals surface area contributed by atoms with E-state index >= 15 is 0 Å². The number of hydrogen-bond acceptors (Lipinski definition) is 7. The van der Waals surface area contributed by atoms with Gasteiger partial charge in [0, 0.05) is 19.5 Å². The number of benzene rings is 1. The molecule has 0 aliphatic carbocycles. The van der Waals surface area contributed by atoms with Crippen molar-refractivity contribution in [2.75, 3.05) is 7.11 Å². The standard InChI is InChI=1S/C22H23N3O5S/c1-12-17-20(24-16-5-4-10-25(16)21(17)27)31-18(12)22(28)30-13(2)19(26)23-11-14-6-8-15(29-3)9-7-14/h6-9,13H,4-5,10-11H2,1-3H3,(H,23,26). The van der Waals surface area contributed by atoms with Gasteiger partial charge in [0.1, 0.15) is 21.3 Å². The number of nitrogens with one attached hydrogen (secondary N) is 1. The molecule has 1 unspecified atom stereocenters. The zero-order valence-electron chi connectivity index (χ0n) is 17.6. The molecule has 162 valence electrons. The van der Waals surface area contributed by atoms with Crippen molar-refractivity contribution in [1.82, 2.24) is 14.9 Å². The predicted molar refractivity (Wildman–Crippen MR) is 117 cm³/mol. The second-order valence-electron chi connectivity index (χ2n) is 7.44. The topological polar surface area (TPSA) is 99.5 Å². The van der Waals surface area contributed by atoms with Crippen molar-refractivity contribution in [3.8, 4) is 5.75 Å². The molecule has 1 aromatic carbocycles. The zero-order chi connectivity index (χ0) is 22.1. The van der Waals surface area contributed by atoms with Crippen LogP contribution in [-0.2, 0) is 29.0 Å². The van der Waals surface area contributed by atoms with Crippen molar-refractivity contribution in [2.45, 2.75) is 45.9 Å². The molecule has 4 rings (SSSR count). The van der Waals surface area contributed by atoms with Gasteiger partial charge < -0.3 is 14.8 Å². The molecule has 0 spiro atoms. The van der Waals surface area contributed by atoms with E-state index in [1.807, 2.05) is 24.3 Å². The lowest BCUT2D eigenvalue weighted by molar-refractivity contribution is -0.129. The largest absolute Gasteiger partial charge is 0.497 e. The number of rotatable bonds is 6. The Labute approximate surface area is 182 Å². The van der Waals surface area contributed by atoms with Crippen LogP contribution in [0.2, 0.25) is 0 Å². The summed E-state index contributed by atoms with van der Waals surface area (Å²) in [4.78, 5) is 43.3. The van der Waals surface area contributed by atoms with Crippen molar-refractivity contribution >= 4 is 33.4 Å². The maximum atomic E-state index is 12.8. The third-order valence-electron chi connectivity index (χ3n) is 5.38. The molecule has 0 fully saturated rings. The maximum Gasteiger partial charge on any atom is 0.349 e. The van der Waals surface area contributed by atoms with Gasteiger partial charge in [-0.2, -0.15) is 0 Å². The van der Waals surface area contributed by atoms with Crippen LogP contribution in [0.5, 0.6) is 5.75 Å². The second kappa shape index (κ2) is 8.50. The Morgan fingerprint density at radius 1 is 1.29 bits per heavy atom. The summed E-state index contributed by atoms with van der Waals surface area (Å²) in [6.07, 6.45) is 0.679. The summed E-state index contributed by atoms with van der Waals surface area (Å²) in [7, 11) is 1.59. The molecule has 1 aliphatic rings. The van der Waals surface area contributed by atoms with Gasteiger partial charge in [0.15, 0.2) is 6.10 Å². The number of methoxy groups -OCH3 is 1. The van der Waals surface area contributed by atoms with E-state index in [2.05, 4.69) is 10.3 Å². The first-order valence-corrected chi connectivity index (χ1v) is 10.8. The molecule has 1 atom stereocenters. The van der Waals surface area contributed by atoms with Crippen LogP contribution in [0.3, 0.4) is 0 Å². The fourth-order valence-electron chi connectivity index (χ4n) is 3.61. The lowest BCUT2D eigenvalue weighted by Gasteiger charge is -2.13. The molecule has 3 aromatic rings. The Hall–Kier alpha value is -3.20. The highest BCUT2D eigenvalue weighted by molar-refractivity contribution is 7.20. The minimum atomic E-state index is -0.977. The molecule has 0 saturated carbocycles. The fraction of sp³-hybridized carbons (Fsp3) is 0.364. The quantitative estimate of drug-likeness (QED) is 0.591. The third-order valence-corrected chi connectivity index (χ3v) is 6.54. The molecule has 0 radical (unpaired) electrons. The number of hydrogen-bond donors (Lipinski definition) is 1. The second-order valence-corrected chi connectivity index (χ2v) is 8.44. The first-order valence-electron chi connectivity index (χ1n) is 10.0. The summed E-state index contributed by atoms with van der Waals surface area (Å²) >= 11 is 1.14. The van der Waals surface area contributed by atoms with Crippen LogP contribution >= 0.6 is 11.3 Å². The average molecular weight is 442 g/mol. The lowest BCUT2D eigenvalue weighted by atomic mass is 10.2. The van der Waals surface area contributed by atoms with Crippen molar-refractivity contribution in [3.63, 3.8) is 0 Å². The van der Waals surface area contributed by atoms with Crippen LogP contribution in [0.1, 0.15) is 40.0 Å². The van der Waals surface area contributed by atoms with E-state index < -0.39 is 18.0 Å². The normalized spacial score (nSPS) is 13.6. The maximum absolute atomic E-state index is 12.8. The lowest BCUT2D eigenvalue weighted by Crippen LogP contribution is -2.35. The fourth-order valence-corrected chi connectivity index (χ4v) is 4.69. The van der Waals surface area contributed by atoms with Gasteiger partial charge in [-0.3, -0.25) is 14.2 Å². The van der Waals surface area contributed by atoms with Crippen molar-refractivity contribution in [1.29, 1.82) is 0 Å². The predicted octanol–water partition coefficient (Wildman–Crippen LogP) is 2.58. The molecular weight excluding hydrogens is 418 g/mol. The highest BCUT2D eigenvalue weighted by Crippen LogP contribution is 2.29. The van der Waals surface area contributed by atoms with Crippen molar-refractivity contribution < 1.29 is 19.1 Å². The molecule has 9 heteroatoms. The average Bonchev–Trinajstić information content (AvgIpc) is 3.37. The summed E-state index contributed by atoms with van der Waals surface area (Å²) < 4.78 is 12.2. The molecule has 1 amide bonds. The van der Waals surface area contributed by atoms with E-state index in [0.29, 0.717) is 33.7 Å². The summed E-state index contributed by atoms with van der Waals surface area (Å²) in [5.74, 6) is 0.456. The summed E-state index contributed by atoms with van der Waals surface area (Å²) in [6, 6.07) is 7.31. The minimum Gasteiger partial charge on any atom is -0.497 e. The van der Waals surface area contributed by atoms with Gasteiger partial charge in [-0.15, -0.1) is 11.3 Å². The van der Waals surface area contributed by atoms with E-state index in [1.165, 1.54) is 6.92 Å². The van der Waals surface area contributed by atoms with Gasteiger partial charge >= 0.3 is 5.97 Å². The smallest absolute Gasteiger partial charge is 0.349 e. The molecule has 1 aliphatic heterocycles. The Morgan fingerprint density at radius 3 is 2.74 bits per heavy atom. The van der Waals surface area contributed by atoms with Crippen molar-refractivity contribution in [3.05, 3.63) is 56.4 Å². The summed E-state index contributed by atoms with van der Waals surface area (Å²) in [5.41, 5.74) is 1.33. The highest BCUT2D eigenvalue weighted by Gasteiger charge is 2.26. The summed E-state index contributed by atoms with van der Waals surface area (Å²) in [5, 5.41) is 3.21. The molecule has 0 bridgehead atoms. The number of aromatic nitrogens is 2. The molecule has 8 nitrogen and oxygen atoms in total. The Morgan fingerprint density at radius 2 is 2.03 bits per heavy atom. The van der Waals surface area contributed by atoms with E-state index in [1.54, 1.807) is 18.6 Å². The molecular formula is C22H23N3O5S. The Balaban J connectivity index is 1.44. The first kappa shape index (κ1) is 21.0. The van der Waals surface area contributed by atoms with Crippen LogP contribution in [0.4, 0.5) is 0 Å². The number of fused-ring (bicyclic) bond motifs is 2. The number of aryl methyl sites for hydroxylation is 2. The van der Waals surface area contributed by atoms with E-state index in [4.69, 9.17) is 9.47 Å². The minimum absolute atomic E-state index is 0.115. The van der Waals surface area contributed by atoms with Gasteiger partial charge in [-0.05, 0) is 43.5 Å². The van der Waals surface area contributed by atoms with Gasteiger partial charge in [-0.1, -0.05) is 12.1 Å². The van der Waals surface area contributed by atoms with Crippen LogP contribution in [0.25, 0.3) is 10.2 Å². The Bertz CT molecular complexity index is 1210. The van der Waals surface area contributed by atoms with Crippen LogP contribution < -0.4 is 15.6 Å². The number of ether oxygens (including phenoxy) is 2. The van der Waals surface area contributed by atoms with E-state index in [9.17, 15) is 14.4 Å². The number of carbonyl (C=O) groups excluding carboxylic acids is 2. The molecule has 0 saturated heterocycles. The van der Waals surface area contributed by atoms with Crippen LogP contribution in [0, 0.1) is 6.92 Å². The van der Waals surface area contributed by atoms with E-state index in [0.717, 1.165) is 41.3 Å². The molecule has 2 aromatic heterocycles. The first-order chi connectivity index (χ1) is 14.9. The van der Waals surface area contributed by atoms with Crippen molar-refractivity contribution in [2.24, 2.45) is 0 Å². The number of esters is 1. The van der Waals surface area contributed by atoms with Gasteiger partial charge in [-0.25, -0.2) is 9.78 Å². The molecule has 31 heavy (non-hydrogen) atoms. The monoisotopic (exact) mass is 441 g/mol. The number of nitrogens with zero attached hydrogens (tertiary/aromatic N) is 2. The Kier molecular flexibility index (Phi) is 5.77. The van der Waals surface area contributed by atoms with Crippen LogP contribution in [0.15, 0.2) is 29.1 Å². The van der Waals surface area contributed by atoms with Crippen LogP contribution in [-0.4, -0.2) is 34.6 Å². The highest BCUT2D eigenvalue weighted by atomic mass is 32.1. The number of thiophene rings is 1. The number of carbonyl (C=O) groups is 2. The van der Waals surface area contributed by atoms with Gasteiger partial charge in [0.05, 0.1) is 12.5 Å². The van der Waals surface area contributed by atoms with Gasteiger partial charge in [0.25, 0.3) is 11.5 Å². The zero-order valence-corrected chi connectivity index (χ0v) is 18.4.